The molecule has 1 aromatic carbocycles. The van der Waals surface area contributed by atoms with Crippen LogP contribution in [-0.4, -0.2) is 38.5 Å². The van der Waals surface area contributed by atoms with Crippen molar-refractivity contribution in [3.63, 3.8) is 0 Å². The number of hydrogen-bond acceptors (Lipinski definition) is 4. The van der Waals surface area contributed by atoms with Crippen molar-refractivity contribution in [2.45, 2.75) is 31.7 Å². The van der Waals surface area contributed by atoms with Gasteiger partial charge >= 0.3 is 5.76 Å². The lowest BCUT2D eigenvalue weighted by Crippen LogP contribution is -2.38. The molecule has 7 heteroatoms. The molecule has 1 aliphatic carbocycles. The summed E-state index contributed by atoms with van der Waals surface area (Å²) >= 11 is 0. The van der Waals surface area contributed by atoms with Gasteiger partial charge in [0.2, 0.25) is 5.96 Å². The molecule has 0 spiro atoms. The average molecular weight is 325 g/mol. The van der Waals surface area contributed by atoms with E-state index in [1.165, 1.54) is 12.8 Å². The Hall–Kier alpha value is -2.83. The van der Waals surface area contributed by atoms with Crippen LogP contribution in [0, 0.1) is 5.41 Å². The Morgan fingerprint density at radius 1 is 1.42 bits per heavy atom. The maximum atomic E-state index is 11.3. The zero-order chi connectivity index (χ0) is 16.7. The zero-order valence-corrected chi connectivity index (χ0v) is 13.5. The van der Waals surface area contributed by atoms with Crippen LogP contribution in [0.25, 0.3) is 22.4 Å². The summed E-state index contributed by atoms with van der Waals surface area (Å²) in [6.45, 7) is 0. The van der Waals surface area contributed by atoms with Crippen LogP contribution < -0.4 is 5.76 Å². The van der Waals surface area contributed by atoms with Crippen LogP contribution in [-0.2, 0) is 0 Å². The topological polar surface area (TPSA) is 90.9 Å². The first kappa shape index (κ1) is 14.7. The summed E-state index contributed by atoms with van der Waals surface area (Å²) in [5.74, 6) is -0.0360. The number of fused-ring (bicyclic) bond motifs is 1. The van der Waals surface area contributed by atoms with Crippen LogP contribution >= 0.6 is 0 Å². The van der Waals surface area contributed by atoms with Gasteiger partial charge in [0.05, 0.1) is 11.2 Å². The Kier molecular flexibility index (Phi) is 3.48. The predicted molar refractivity (Wildman–Crippen MR) is 91.2 cm³/mol. The SMILES string of the molecule is CN(C(=N)n1cnc(-c2ccc3oc(=O)[nH]c3c2)c1)C1CCCC1. The first-order chi connectivity index (χ1) is 11.6. The number of oxazole rings is 1. The molecule has 0 unspecified atom stereocenters. The van der Waals surface area contributed by atoms with Gasteiger partial charge in [0.25, 0.3) is 0 Å². The second-order valence-electron chi connectivity index (χ2n) is 6.26. The number of rotatable bonds is 2. The Morgan fingerprint density at radius 2 is 2.21 bits per heavy atom. The standard InChI is InChI=1S/C17H19N5O2/c1-21(12-4-2-3-5-12)16(18)22-9-14(19-10-22)11-6-7-15-13(8-11)20-17(23)24-15/h6-10,12,18H,2-5H2,1H3,(H,20,23). The molecule has 4 rings (SSSR count). The summed E-state index contributed by atoms with van der Waals surface area (Å²) in [7, 11) is 1.97. The molecule has 2 aromatic heterocycles. The van der Waals surface area contributed by atoms with E-state index < -0.39 is 5.76 Å². The first-order valence-electron chi connectivity index (χ1n) is 8.11. The van der Waals surface area contributed by atoms with E-state index >= 15 is 0 Å². The fourth-order valence-corrected chi connectivity index (χ4v) is 3.35. The Balaban J connectivity index is 1.60. The molecule has 0 amide bonds. The van der Waals surface area contributed by atoms with Crippen LogP contribution in [0.4, 0.5) is 0 Å². The molecule has 7 nitrogen and oxygen atoms in total. The molecule has 0 radical (unpaired) electrons. The summed E-state index contributed by atoms with van der Waals surface area (Å²) in [5.41, 5.74) is 2.79. The highest BCUT2D eigenvalue weighted by Crippen LogP contribution is 2.24. The highest BCUT2D eigenvalue weighted by molar-refractivity contribution is 5.82. The maximum absolute atomic E-state index is 11.3. The van der Waals surface area contributed by atoms with Gasteiger partial charge in [-0.05, 0) is 31.0 Å². The van der Waals surface area contributed by atoms with Gasteiger partial charge in [-0.1, -0.05) is 12.8 Å². The quantitative estimate of drug-likeness (QED) is 0.560. The molecule has 1 saturated carbocycles. The number of hydrogen-bond donors (Lipinski definition) is 2. The van der Waals surface area contributed by atoms with E-state index in [0.29, 0.717) is 23.1 Å². The van der Waals surface area contributed by atoms with Crippen molar-refractivity contribution in [1.82, 2.24) is 19.4 Å². The smallest absolute Gasteiger partial charge is 0.408 e. The molecule has 0 bridgehead atoms. The zero-order valence-electron chi connectivity index (χ0n) is 13.5. The Labute approximate surface area is 138 Å². The van der Waals surface area contributed by atoms with E-state index in [2.05, 4.69) is 9.97 Å². The van der Waals surface area contributed by atoms with Crippen LogP contribution in [0.1, 0.15) is 25.7 Å². The highest BCUT2D eigenvalue weighted by Gasteiger charge is 2.22. The van der Waals surface area contributed by atoms with Gasteiger partial charge in [-0.15, -0.1) is 0 Å². The molecular weight excluding hydrogens is 306 g/mol. The Bertz CT molecular complexity index is 945. The number of benzene rings is 1. The second-order valence-corrected chi connectivity index (χ2v) is 6.26. The lowest BCUT2D eigenvalue weighted by atomic mass is 10.1. The van der Waals surface area contributed by atoms with Crippen molar-refractivity contribution >= 4 is 17.1 Å². The molecule has 1 fully saturated rings. The third kappa shape index (κ3) is 2.51. The molecule has 0 aliphatic heterocycles. The number of imidazole rings is 1. The van der Waals surface area contributed by atoms with E-state index in [1.807, 2.05) is 30.3 Å². The molecular formula is C17H19N5O2. The van der Waals surface area contributed by atoms with Crippen molar-refractivity contribution in [3.8, 4) is 11.3 Å². The fourth-order valence-electron chi connectivity index (χ4n) is 3.35. The molecule has 2 heterocycles. The van der Waals surface area contributed by atoms with Crippen molar-refractivity contribution in [2.75, 3.05) is 7.05 Å². The third-order valence-electron chi connectivity index (χ3n) is 4.75. The van der Waals surface area contributed by atoms with Crippen molar-refractivity contribution in [3.05, 3.63) is 41.3 Å². The van der Waals surface area contributed by atoms with Gasteiger partial charge in [-0.3, -0.25) is 15.0 Å². The molecule has 3 aromatic rings. The van der Waals surface area contributed by atoms with Gasteiger partial charge in [-0.2, -0.15) is 0 Å². The molecule has 2 N–H and O–H groups in total. The van der Waals surface area contributed by atoms with Gasteiger partial charge in [-0.25, -0.2) is 9.78 Å². The molecule has 124 valence electrons. The normalized spacial score (nSPS) is 15.2. The van der Waals surface area contributed by atoms with Crippen LogP contribution in [0.5, 0.6) is 0 Å². The molecule has 24 heavy (non-hydrogen) atoms. The monoisotopic (exact) mass is 325 g/mol. The van der Waals surface area contributed by atoms with E-state index in [4.69, 9.17) is 9.83 Å². The largest absolute Gasteiger partial charge is 0.417 e. The van der Waals surface area contributed by atoms with Gasteiger partial charge in [0.1, 0.15) is 6.33 Å². The van der Waals surface area contributed by atoms with Crippen molar-refractivity contribution in [1.29, 1.82) is 5.41 Å². The maximum Gasteiger partial charge on any atom is 0.417 e. The number of aromatic nitrogens is 3. The summed E-state index contributed by atoms with van der Waals surface area (Å²) in [6, 6.07) is 5.88. The highest BCUT2D eigenvalue weighted by atomic mass is 16.4. The van der Waals surface area contributed by atoms with E-state index in [9.17, 15) is 4.79 Å². The molecule has 1 aliphatic rings. The van der Waals surface area contributed by atoms with Gasteiger partial charge in [0.15, 0.2) is 5.58 Å². The van der Waals surface area contributed by atoms with Crippen molar-refractivity contribution in [2.24, 2.45) is 0 Å². The summed E-state index contributed by atoms with van der Waals surface area (Å²) in [5, 5.41) is 8.40. The fraction of sp³-hybridized carbons (Fsp3) is 0.353. The average Bonchev–Trinajstić information content (AvgIpc) is 3.31. The summed E-state index contributed by atoms with van der Waals surface area (Å²) in [4.78, 5) is 20.3. The van der Waals surface area contributed by atoms with Crippen LogP contribution in [0.3, 0.4) is 0 Å². The van der Waals surface area contributed by atoms with Crippen LogP contribution in [0.15, 0.2) is 39.9 Å². The number of nitrogens with one attached hydrogen (secondary N) is 2. The molecule has 0 atom stereocenters. The lowest BCUT2D eigenvalue weighted by Gasteiger charge is -2.26. The first-order valence-corrected chi connectivity index (χ1v) is 8.11. The van der Waals surface area contributed by atoms with E-state index in [1.54, 1.807) is 17.0 Å². The number of H-pyrrole nitrogens is 1. The molecule has 0 saturated heterocycles. The predicted octanol–water partition coefficient (Wildman–Crippen LogP) is 2.64. The van der Waals surface area contributed by atoms with E-state index in [0.717, 1.165) is 24.1 Å². The van der Waals surface area contributed by atoms with E-state index in [-0.39, 0.29) is 0 Å². The summed E-state index contributed by atoms with van der Waals surface area (Å²) < 4.78 is 6.75. The van der Waals surface area contributed by atoms with Gasteiger partial charge < -0.3 is 9.32 Å². The minimum absolute atomic E-state index is 0.429. The minimum Gasteiger partial charge on any atom is -0.408 e. The van der Waals surface area contributed by atoms with Crippen LogP contribution in [0.2, 0.25) is 0 Å². The second kappa shape index (κ2) is 5.67. The number of nitrogens with zero attached hydrogens (tertiary/aromatic N) is 3. The Morgan fingerprint density at radius 3 is 3.00 bits per heavy atom. The third-order valence-corrected chi connectivity index (χ3v) is 4.75. The summed E-state index contributed by atoms with van der Waals surface area (Å²) in [6.07, 6.45) is 8.26. The number of aromatic amines is 1. The van der Waals surface area contributed by atoms with Crippen molar-refractivity contribution < 1.29 is 4.42 Å². The minimum atomic E-state index is -0.465. The van der Waals surface area contributed by atoms with Gasteiger partial charge in [0, 0.05) is 24.8 Å². The lowest BCUT2D eigenvalue weighted by molar-refractivity contribution is 0.359.